The lowest BCUT2D eigenvalue weighted by molar-refractivity contribution is 0.0838. The van der Waals surface area contributed by atoms with Gasteiger partial charge in [-0.3, -0.25) is 20.4 Å². The smallest absolute Gasteiger partial charge is 0.266 e. The lowest BCUT2D eigenvalue weighted by Crippen LogP contribution is -2.42. The van der Waals surface area contributed by atoms with Gasteiger partial charge in [-0.15, -0.1) is 16.4 Å². The molecule has 0 saturated carbocycles. The van der Waals surface area contributed by atoms with Gasteiger partial charge < -0.3 is 0 Å². The van der Waals surface area contributed by atoms with Gasteiger partial charge in [-0.25, -0.2) is 14.6 Å². The van der Waals surface area contributed by atoms with E-state index in [1.165, 1.54) is 16.8 Å². The predicted molar refractivity (Wildman–Crippen MR) is 104 cm³/mol. The first-order valence-corrected chi connectivity index (χ1v) is 9.23. The zero-order valence-corrected chi connectivity index (χ0v) is 15.3. The fourth-order valence-electron chi connectivity index (χ4n) is 2.49. The minimum Gasteiger partial charge on any atom is -0.266 e. The SMILES string of the molecule is O=C(NNC(=O)c1nc(-c2ccccc2)n(-c2ccccc2)n1)c1cscn1. The lowest BCUT2D eigenvalue weighted by Gasteiger charge is -2.05. The van der Waals surface area contributed by atoms with E-state index >= 15 is 0 Å². The molecule has 2 aromatic heterocycles. The van der Waals surface area contributed by atoms with Gasteiger partial charge in [0.2, 0.25) is 5.82 Å². The van der Waals surface area contributed by atoms with Crippen LogP contribution in [0.5, 0.6) is 0 Å². The highest BCUT2D eigenvalue weighted by molar-refractivity contribution is 7.07. The van der Waals surface area contributed by atoms with Crippen LogP contribution < -0.4 is 10.9 Å². The van der Waals surface area contributed by atoms with Crippen LogP contribution in [0.4, 0.5) is 0 Å². The molecule has 2 heterocycles. The minimum absolute atomic E-state index is 0.0683. The number of para-hydroxylation sites is 1. The molecule has 0 radical (unpaired) electrons. The van der Waals surface area contributed by atoms with Crippen molar-refractivity contribution in [2.75, 3.05) is 0 Å². The van der Waals surface area contributed by atoms with Gasteiger partial charge in [0.15, 0.2) is 5.82 Å². The summed E-state index contributed by atoms with van der Waals surface area (Å²) in [5, 5.41) is 5.91. The van der Waals surface area contributed by atoms with Crippen molar-refractivity contribution in [3.05, 3.63) is 83.1 Å². The first-order valence-electron chi connectivity index (χ1n) is 8.29. The molecule has 2 N–H and O–H groups in total. The van der Waals surface area contributed by atoms with Gasteiger partial charge in [-0.05, 0) is 12.1 Å². The monoisotopic (exact) mass is 390 g/mol. The number of hydrazine groups is 1. The molecule has 2 aromatic carbocycles. The Morgan fingerprint density at radius 3 is 2.25 bits per heavy atom. The molecule has 0 fully saturated rings. The summed E-state index contributed by atoms with van der Waals surface area (Å²) in [5.74, 6) is -0.695. The third-order valence-electron chi connectivity index (χ3n) is 3.80. The topological polar surface area (TPSA) is 102 Å². The van der Waals surface area contributed by atoms with E-state index in [0.717, 1.165) is 11.3 Å². The molecule has 0 aliphatic rings. The number of hydrogen-bond donors (Lipinski definition) is 2. The molecule has 0 atom stereocenters. The largest absolute Gasteiger partial charge is 0.309 e. The number of thiazole rings is 1. The molecule has 0 bridgehead atoms. The van der Waals surface area contributed by atoms with Gasteiger partial charge in [0.1, 0.15) is 5.69 Å². The van der Waals surface area contributed by atoms with E-state index in [-0.39, 0.29) is 11.5 Å². The molecule has 8 nitrogen and oxygen atoms in total. The highest BCUT2D eigenvalue weighted by Crippen LogP contribution is 2.20. The Hall–Kier alpha value is -3.85. The Bertz CT molecular complexity index is 1040. The standard InChI is InChI=1S/C19H14N6O2S/c26-18(15-11-28-12-20-15)22-23-19(27)16-21-17(13-7-3-1-4-8-13)25(24-16)14-9-5-2-6-10-14/h1-12H,(H,22,26)(H,23,27). The molecule has 138 valence electrons. The van der Waals surface area contributed by atoms with Gasteiger partial charge in [0.05, 0.1) is 11.2 Å². The summed E-state index contributed by atoms with van der Waals surface area (Å²) in [4.78, 5) is 32.7. The van der Waals surface area contributed by atoms with Crippen LogP contribution in [0.15, 0.2) is 71.6 Å². The predicted octanol–water partition coefficient (Wildman–Crippen LogP) is 2.47. The fourth-order valence-corrected chi connectivity index (χ4v) is 3.02. The van der Waals surface area contributed by atoms with Gasteiger partial charge >= 0.3 is 5.91 Å². The molecule has 4 rings (SSSR count). The second-order valence-electron chi connectivity index (χ2n) is 5.65. The Labute approximate surface area is 163 Å². The van der Waals surface area contributed by atoms with Crippen LogP contribution in [0.25, 0.3) is 17.1 Å². The van der Waals surface area contributed by atoms with Gasteiger partial charge in [-0.2, -0.15) is 0 Å². The summed E-state index contributed by atoms with van der Waals surface area (Å²) >= 11 is 1.29. The van der Waals surface area contributed by atoms with E-state index in [1.54, 1.807) is 10.1 Å². The normalized spacial score (nSPS) is 10.4. The molecular formula is C19H14N6O2S. The number of nitrogens with one attached hydrogen (secondary N) is 2. The summed E-state index contributed by atoms with van der Waals surface area (Å²) in [5.41, 5.74) is 7.95. The highest BCUT2D eigenvalue weighted by atomic mass is 32.1. The van der Waals surface area contributed by atoms with E-state index < -0.39 is 11.8 Å². The number of rotatable bonds is 4. The van der Waals surface area contributed by atoms with Crippen molar-refractivity contribution >= 4 is 23.2 Å². The maximum absolute atomic E-state index is 12.5. The van der Waals surface area contributed by atoms with Crippen molar-refractivity contribution < 1.29 is 9.59 Å². The molecule has 28 heavy (non-hydrogen) atoms. The number of hydrogen-bond acceptors (Lipinski definition) is 6. The maximum atomic E-state index is 12.5. The van der Waals surface area contributed by atoms with Crippen molar-refractivity contribution in [2.24, 2.45) is 0 Å². The molecule has 0 saturated heterocycles. The summed E-state index contributed by atoms with van der Waals surface area (Å²) in [6.07, 6.45) is 0. The molecule has 0 spiro atoms. The number of nitrogens with zero attached hydrogens (tertiary/aromatic N) is 4. The number of carbonyl (C=O) groups excluding carboxylic acids is 2. The first-order chi connectivity index (χ1) is 13.7. The molecule has 9 heteroatoms. The van der Waals surface area contributed by atoms with E-state index in [0.29, 0.717) is 5.82 Å². The Kier molecular flexibility index (Phi) is 4.89. The summed E-state index contributed by atoms with van der Waals surface area (Å²) in [6.45, 7) is 0. The molecule has 0 unspecified atom stereocenters. The van der Waals surface area contributed by atoms with Gasteiger partial charge in [0.25, 0.3) is 5.91 Å². The zero-order valence-electron chi connectivity index (χ0n) is 14.4. The van der Waals surface area contributed by atoms with Crippen molar-refractivity contribution in [2.45, 2.75) is 0 Å². The second kappa shape index (κ2) is 7.80. The lowest BCUT2D eigenvalue weighted by atomic mass is 10.2. The minimum atomic E-state index is -0.629. The Morgan fingerprint density at radius 1 is 0.893 bits per heavy atom. The van der Waals surface area contributed by atoms with E-state index in [2.05, 4.69) is 25.9 Å². The molecule has 2 amide bonds. The van der Waals surface area contributed by atoms with Crippen LogP contribution in [0.1, 0.15) is 21.1 Å². The summed E-state index contributed by atoms with van der Waals surface area (Å²) < 4.78 is 1.59. The maximum Gasteiger partial charge on any atom is 0.309 e. The number of amides is 2. The third kappa shape index (κ3) is 3.64. The first kappa shape index (κ1) is 17.6. The molecule has 0 aliphatic carbocycles. The zero-order chi connectivity index (χ0) is 19.3. The third-order valence-corrected chi connectivity index (χ3v) is 4.38. The summed E-state index contributed by atoms with van der Waals surface area (Å²) in [6, 6.07) is 18.8. The van der Waals surface area contributed by atoms with Crippen LogP contribution in [0, 0.1) is 0 Å². The molecule has 4 aromatic rings. The Balaban J connectivity index is 1.62. The second-order valence-corrected chi connectivity index (χ2v) is 6.37. The van der Waals surface area contributed by atoms with E-state index in [4.69, 9.17) is 0 Å². The van der Waals surface area contributed by atoms with Crippen molar-refractivity contribution in [3.8, 4) is 17.1 Å². The molecular weight excluding hydrogens is 376 g/mol. The number of carbonyl (C=O) groups is 2. The van der Waals surface area contributed by atoms with Gasteiger partial charge in [0, 0.05) is 10.9 Å². The Morgan fingerprint density at radius 2 is 1.57 bits per heavy atom. The van der Waals surface area contributed by atoms with Gasteiger partial charge in [-0.1, -0.05) is 48.5 Å². The van der Waals surface area contributed by atoms with E-state index in [9.17, 15) is 9.59 Å². The number of benzene rings is 2. The number of aromatic nitrogens is 4. The summed E-state index contributed by atoms with van der Waals surface area (Å²) in [7, 11) is 0. The van der Waals surface area contributed by atoms with Crippen LogP contribution in [-0.2, 0) is 0 Å². The quantitative estimate of drug-likeness (QED) is 0.521. The fraction of sp³-hybridized carbons (Fsp3) is 0. The average Bonchev–Trinajstić information content (AvgIpc) is 3.43. The van der Waals surface area contributed by atoms with Crippen LogP contribution in [0.2, 0.25) is 0 Å². The average molecular weight is 390 g/mol. The van der Waals surface area contributed by atoms with Crippen molar-refractivity contribution in [3.63, 3.8) is 0 Å². The van der Waals surface area contributed by atoms with Crippen LogP contribution in [0.3, 0.4) is 0 Å². The van der Waals surface area contributed by atoms with Crippen molar-refractivity contribution in [1.82, 2.24) is 30.6 Å². The molecule has 0 aliphatic heterocycles. The van der Waals surface area contributed by atoms with E-state index in [1.807, 2.05) is 60.7 Å². The van der Waals surface area contributed by atoms with Crippen LogP contribution >= 0.6 is 11.3 Å². The van der Waals surface area contributed by atoms with Crippen molar-refractivity contribution in [1.29, 1.82) is 0 Å². The van der Waals surface area contributed by atoms with Crippen LogP contribution in [-0.4, -0.2) is 31.6 Å². The highest BCUT2D eigenvalue weighted by Gasteiger charge is 2.19.